The summed E-state index contributed by atoms with van der Waals surface area (Å²) in [6.45, 7) is 3.61. The summed E-state index contributed by atoms with van der Waals surface area (Å²) in [6, 6.07) is 11.9. The summed E-state index contributed by atoms with van der Waals surface area (Å²) in [4.78, 5) is 26.5. The fraction of sp³-hybridized carbons (Fsp3) is 0.286. The number of thiazole rings is 2. The van der Waals surface area contributed by atoms with Gasteiger partial charge < -0.3 is 4.90 Å². The molecule has 0 saturated carbocycles. The third kappa shape index (κ3) is 3.78. The predicted molar refractivity (Wildman–Crippen MR) is 119 cm³/mol. The van der Waals surface area contributed by atoms with Crippen molar-refractivity contribution in [3.05, 3.63) is 53.0 Å². The standard InChI is InChI=1S/C21H22N4OS2/c1-14-6-4-7-17-19(14)23-21(28-17)25(11-5-10-24(2)3)20(26)15-8-9-16-18(12-15)27-13-22-16/h4,6-9,12-13H,5,10-11H2,1-3H3. The van der Waals surface area contributed by atoms with E-state index in [1.807, 2.05) is 48.8 Å². The van der Waals surface area contributed by atoms with E-state index in [2.05, 4.69) is 28.9 Å². The monoisotopic (exact) mass is 410 g/mol. The molecule has 0 aliphatic rings. The fourth-order valence-electron chi connectivity index (χ4n) is 3.16. The number of nitrogens with zero attached hydrogens (tertiary/aromatic N) is 4. The highest BCUT2D eigenvalue weighted by Gasteiger charge is 2.22. The van der Waals surface area contributed by atoms with E-state index in [4.69, 9.17) is 4.98 Å². The van der Waals surface area contributed by atoms with Crippen molar-refractivity contribution in [2.45, 2.75) is 13.3 Å². The Morgan fingerprint density at radius 3 is 2.75 bits per heavy atom. The van der Waals surface area contributed by atoms with Gasteiger partial charge >= 0.3 is 0 Å². The van der Waals surface area contributed by atoms with E-state index in [0.717, 1.165) is 44.1 Å². The molecule has 2 heterocycles. The topological polar surface area (TPSA) is 49.3 Å². The van der Waals surface area contributed by atoms with Crippen LogP contribution in [0.5, 0.6) is 0 Å². The van der Waals surface area contributed by atoms with Crippen LogP contribution in [0.1, 0.15) is 22.3 Å². The summed E-state index contributed by atoms with van der Waals surface area (Å²) < 4.78 is 2.14. The zero-order valence-electron chi connectivity index (χ0n) is 16.2. The molecule has 0 N–H and O–H groups in total. The van der Waals surface area contributed by atoms with Crippen LogP contribution in [0.15, 0.2) is 41.9 Å². The highest BCUT2D eigenvalue weighted by atomic mass is 32.1. The second-order valence-corrected chi connectivity index (χ2v) is 8.96. The maximum absolute atomic E-state index is 13.4. The highest BCUT2D eigenvalue weighted by molar-refractivity contribution is 7.22. The quantitative estimate of drug-likeness (QED) is 0.458. The number of rotatable bonds is 6. The molecule has 2 aromatic heterocycles. The lowest BCUT2D eigenvalue weighted by Crippen LogP contribution is -2.33. The van der Waals surface area contributed by atoms with Gasteiger partial charge in [-0.2, -0.15) is 0 Å². The van der Waals surface area contributed by atoms with Gasteiger partial charge in [0.25, 0.3) is 5.91 Å². The minimum Gasteiger partial charge on any atom is -0.309 e. The molecule has 0 unspecified atom stereocenters. The maximum Gasteiger partial charge on any atom is 0.260 e. The molecule has 0 fully saturated rings. The lowest BCUT2D eigenvalue weighted by atomic mass is 10.2. The van der Waals surface area contributed by atoms with Gasteiger partial charge in [-0.1, -0.05) is 23.5 Å². The Morgan fingerprint density at radius 2 is 1.96 bits per heavy atom. The van der Waals surface area contributed by atoms with Crippen LogP contribution in [0, 0.1) is 6.92 Å². The minimum atomic E-state index is -0.00855. The molecule has 0 aliphatic carbocycles. The van der Waals surface area contributed by atoms with E-state index in [0.29, 0.717) is 12.1 Å². The van der Waals surface area contributed by atoms with Crippen molar-refractivity contribution >= 4 is 54.1 Å². The fourth-order valence-corrected chi connectivity index (χ4v) is 4.95. The first-order chi connectivity index (χ1) is 13.5. The van der Waals surface area contributed by atoms with E-state index in [-0.39, 0.29) is 5.91 Å². The second-order valence-electron chi connectivity index (χ2n) is 7.07. The molecule has 28 heavy (non-hydrogen) atoms. The number of benzene rings is 2. The van der Waals surface area contributed by atoms with Gasteiger partial charge in [-0.3, -0.25) is 9.69 Å². The van der Waals surface area contributed by atoms with Crippen molar-refractivity contribution in [3.63, 3.8) is 0 Å². The van der Waals surface area contributed by atoms with Crippen LogP contribution in [0.2, 0.25) is 0 Å². The van der Waals surface area contributed by atoms with Crippen LogP contribution in [0.3, 0.4) is 0 Å². The Kier molecular flexibility index (Phi) is 5.39. The number of fused-ring (bicyclic) bond motifs is 2. The molecular formula is C21H22N4OS2. The van der Waals surface area contributed by atoms with Crippen molar-refractivity contribution in [2.75, 3.05) is 32.1 Å². The minimum absolute atomic E-state index is 0.00855. The molecule has 144 valence electrons. The molecule has 0 saturated heterocycles. The Bertz CT molecular complexity index is 1130. The number of aryl methyl sites for hydroxylation is 1. The molecule has 0 spiro atoms. The predicted octanol–water partition coefficient (Wildman–Crippen LogP) is 4.81. The molecule has 7 heteroatoms. The highest BCUT2D eigenvalue weighted by Crippen LogP contribution is 2.32. The van der Waals surface area contributed by atoms with Gasteiger partial charge in [0, 0.05) is 12.1 Å². The first-order valence-electron chi connectivity index (χ1n) is 9.19. The Balaban J connectivity index is 1.70. The summed E-state index contributed by atoms with van der Waals surface area (Å²) in [6.07, 6.45) is 0.885. The first-order valence-corrected chi connectivity index (χ1v) is 10.9. The number of hydrogen-bond donors (Lipinski definition) is 0. The van der Waals surface area contributed by atoms with E-state index < -0.39 is 0 Å². The third-order valence-corrected chi connectivity index (χ3v) is 6.49. The molecule has 1 amide bonds. The maximum atomic E-state index is 13.4. The molecule has 0 aliphatic heterocycles. The smallest absolute Gasteiger partial charge is 0.260 e. The van der Waals surface area contributed by atoms with Gasteiger partial charge in [0.15, 0.2) is 5.13 Å². The molecule has 0 radical (unpaired) electrons. The van der Waals surface area contributed by atoms with Crippen molar-refractivity contribution in [1.82, 2.24) is 14.9 Å². The summed E-state index contributed by atoms with van der Waals surface area (Å²) in [5.41, 5.74) is 5.52. The van der Waals surface area contributed by atoms with Crippen molar-refractivity contribution in [1.29, 1.82) is 0 Å². The lowest BCUT2D eigenvalue weighted by molar-refractivity contribution is 0.0986. The van der Waals surface area contributed by atoms with Crippen LogP contribution in [-0.2, 0) is 0 Å². The lowest BCUT2D eigenvalue weighted by Gasteiger charge is -2.21. The first kappa shape index (κ1) is 19.0. The van der Waals surface area contributed by atoms with E-state index >= 15 is 0 Å². The molecule has 2 aromatic carbocycles. The average Bonchev–Trinajstić information content (AvgIpc) is 3.31. The van der Waals surface area contributed by atoms with E-state index in [1.165, 1.54) is 0 Å². The average molecular weight is 411 g/mol. The van der Waals surface area contributed by atoms with Gasteiger partial charge in [-0.15, -0.1) is 11.3 Å². The number of carbonyl (C=O) groups is 1. The second kappa shape index (κ2) is 7.95. The number of anilines is 1. The summed E-state index contributed by atoms with van der Waals surface area (Å²) >= 11 is 3.13. The van der Waals surface area contributed by atoms with Crippen molar-refractivity contribution in [2.24, 2.45) is 0 Å². The molecule has 4 rings (SSSR count). The molecule has 5 nitrogen and oxygen atoms in total. The van der Waals surface area contributed by atoms with Crippen LogP contribution in [0.25, 0.3) is 20.4 Å². The summed E-state index contributed by atoms with van der Waals surface area (Å²) in [5.74, 6) is -0.00855. The normalized spacial score (nSPS) is 11.6. The van der Waals surface area contributed by atoms with Gasteiger partial charge in [0.2, 0.25) is 0 Å². The zero-order chi connectivity index (χ0) is 19.7. The molecule has 4 aromatic rings. The van der Waals surface area contributed by atoms with Crippen LogP contribution < -0.4 is 4.90 Å². The third-order valence-electron chi connectivity index (χ3n) is 4.65. The number of amides is 1. The largest absolute Gasteiger partial charge is 0.309 e. The summed E-state index contributed by atoms with van der Waals surface area (Å²) in [7, 11) is 4.09. The van der Waals surface area contributed by atoms with Gasteiger partial charge in [0.05, 0.1) is 25.9 Å². The van der Waals surface area contributed by atoms with Crippen molar-refractivity contribution in [3.8, 4) is 0 Å². The van der Waals surface area contributed by atoms with Gasteiger partial charge in [0.1, 0.15) is 0 Å². The van der Waals surface area contributed by atoms with E-state index in [9.17, 15) is 4.79 Å². The molecular weight excluding hydrogens is 388 g/mol. The number of para-hydroxylation sites is 1. The Hall–Kier alpha value is -2.35. The van der Waals surface area contributed by atoms with Crippen molar-refractivity contribution < 1.29 is 4.79 Å². The van der Waals surface area contributed by atoms with Crippen LogP contribution in [0.4, 0.5) is 5.13 Å². The van der Waals surface area contributed by atoms with Crippen LogP contribution in [-0.4, -0.2) is 48.0 Å². The Labute approximate surface area is 172 Å². The SMILES string of the molecule is Cc1cccc2sc(N(CCCN(C)C)C(=O)c3ccc4ncsc4c3)nc12. The number of aromatic nitrogens is 2. The zero-order valence-corrected chi connectivity index (χ0v) is 17.8. The van der Waals surface area contributed by atoms with Gasteiger partial charge in [-0.05, 0) is 63.8 Å². The van der Waals surface area contributed by atoms with Crippen LogP contribution >= 0.6 is 22.7 Å². The number of carbonyl (C=O) groups excluding carboxylic acids is 1. The van der Waals surface area contributed by atoms with Gasteiger partial charge in [-0.25, -0.2) is 9.97 Å². The number of hydrogen-bond acceptors (Lipinski definition) is 6. The molecule has 0 atom stereocenters. The Morgan fingerprint density at radius 1 is 1.11 bits per heavy atom. The molecule has 0 bridgehead atoms. The van der Waals surface area contributed by atoms with E-state index in [1.54, 1.807) is 22.7 Å². The summed E-state index contributed by atoms with van der Waals surface area (Å²) in [5, 5.41) is 0.762.